The number of halogens is 1. The van der Waals surface area contributed by atoms with Crippen LogP contribution in [0.25, 0.3) is 0 Å². The van der Waals surface area contributed by atoms with E-state index in [2.05, 4.69) is 31.2 Å². The minimum absolute atomic E-state index is 0.152. The van der Waals surface area contributed by atoms with Crippen molar-refractivity contribution in [3.05, 3.63) is 27.4 Å². The maximum absolute atomic E-state index is 4.14. The molecule has 2 heterocycles. The molecular weight excluding hydrogens is 252 g/mol. The van der Waals surface area contributed by atoms with Gasteiger partial charge in [0, 0.05) is 12.4 Å². The summed E-state index contributed by atoms with van der Waals surface area (Å²) in [5.74, 6) is 0. The van der Waals surface area contributed by atoms with Gasteiger partial charge in [-0.25, -0.2) is 0 Å². The Balaban J connectivity index is 2.28. The summed E-state index contributed by atoms with van der Waals surface area (Å²) in [6, 6.07) is 2.05. The first-order valence-corrected chi connectivity index (χ1v) is 5.36. The monoisotopic (exact) mass is 258 g/mol. The summed E-state index contributed by atoms with van der Waals surface area (Å²) in [6.45, 7) is 2.04. The lowest BCUT2D eigenvalue weighted by Crippen LogP contribution is -2.06. The highest BCUT2D eigenvalue weighted by Crippen LogP contribution is 2.23. The van der Waals surface area contributed by atoms with Gasteiger partial charge in [-0.2, -0.15) is 5.10 Å². The van der Waals surface area contributed by atoms with Crippen LogP contribution in [-0.2, 0) is 0 Å². The van der Waals surface area contributed by atoms with Gasteiger partial charge in [0.15, 0.2) is 3.92 Å². The van der Waals surface area contributed by atoms with Gasteiger partial charge < -0.3 is 0 Å². The number of hydrogen-bond acceptors (Lipinski definition) is 4. The van der Waals surface area contributed by atoms with Crippen LogP contribution < -0.4 is 0 Å². The third-order valence-electron chi connectivity index (χ3n) is 1.70. The van der Waals surface area contributed by atoms with Crippen LogP contribution in [0.1, 0.15) is 18.0 Å². The zero-order valence-electron chi connectivity index (χ0n) is 6.88. The van der Waals surface area contributed by atoms with E-state index in [4.69, 9.17) is 0 Å². The molecule has 0 radical (unpaired) electrons. The van der Waals surface area contributed by atoms with Gasteiger partial charge in [-0.05, 0) is 28.9 Å². The summed E-state index contributed by atoms with van der Waals surface area (Å²) in [5, 5.41) is 13.0. The molecule has 0 saturated carbocycles. The van der Waals surface area contributed by atoms with Gasteiger partial charge in [0.1, 0.15) is 11.0 Å². The predicted molar refractivity (Wildman–Crippen MR) is 53.6 cm³/mol. The lowest BCUT2D eigenvalue weighted by Gasteiger charge is -2.06. The van der Waals surface area contributed by atoms with Crippen LogP contribution in [0.4, 0.5) is 0 Å². The minimum atomic E-state index is 0.152. The van der Waals surface area contributed by atoms with Crippen LogP contribution >= 0.6 is 27.3 Å². The van der Waals surface area contributed by atoms with Gasteiger partial charge in [-0.3, -0.25) is 4.68 Å². The Morgan fingerprint density at radius 1 is 1.54 bits per heavy atom. The van der Waals surface area contributed by atoms with Crippen LogP contribution in [0.5, 0.6) is 0 Å². The summed E-state index contributed by atoms with van der Waals surface area (Å²) >= 11 is 4.81. The summed E-state index contributed by atoms with van der Waals surface area (Å²) in [6.07, 6.45) is 3.67. The molecule has 0 aliphatic heterocycles. The Hall–Kier alpha value is -0.750. The van der Waals surface area contributed by atoms with E-state index in [0.717, 1.165) is 8.92 Å². The van der Waals surface area contributed by atoms with Crippen LogP contribution in [0.15, 0.2) is 22.4 Å². The first-order chi connectivity index (χ1) is 6.27. The number of rotatable bonds is 2. The Labute approximate surface area is 87.7 Å². The predicted octanol–water partition coefficient (Wildman–Crippen LogP) is 2.11. The zero-order valence-corrected chi connectivity index (χ0v) is 9.29. The lowest BCUT2D eigenvalue weighted by molar-refractivity contribution is 0.557. The van der Waals surface area contributed by atoms with Crippen molar-refractivity contribution in [3.63, 3.8) is 0 Å². The summed E-state index contributed by atoms with van der Waals surface area (Å²) in [4.78, 5) is 0. The van der Waals surface area contributed by atoms with E-state index in [0.29, 0.717) is 0 Å². The van der Waals surface area contributed by atoms with Crippen molar-refractivity contribution < 1.29 is 0 Å². The molecule has 0 saturated heterocycles. The third-order valence-corrected chi connectivity index (χ3v) is 3.22. The van der Waals surface area contributed by atoms with Crippen LogP contribution in [0.3, 0.4) is 0 Å². The average molecular weight is 259 g/mol. The molecule has 2 rings (SSSR count). The van der Waals surface area contributed by atoms with Crippen molar-refractivity contribution in [2.45, 2.75) is 13.0 Å². The molecule has 13 heavy (non-hydrogen) atoms. The molecule has 0 aliphatic carbocycles. The molecule has 4 nitrogen and oxygen atoms in total. The summed E-state index contributed by atoms with van der Waals surface area (Å²) in [5.41, 5.74) is 0. The molecule has 1 atom stereocenters. The van der Waals surface area contributed by atoms with Crippen LogP contribution in [0.2, 0.25) is 0 Å². The second-order valence-corrected chi connectivity index (χ2v) is 4.84. The molecule has 0 aromatic carbocycles. The lowest BCUT2D eigenvalue weighted by atomic mass is 10.4. The quantitative estimate of drug-likeness (QED) is 0.829. The normalized spacial score (nSPS) is 13.1. The van der Waals surface area contributed by atoms with Crippen molar-refractivity contribution in [2.75, 3.05) is 0 Å². The van der Waals surface area contributed by atoms with E-state index in [1.807, 2.05) is 23.9 Å². The van der Waals surface area contributed by atoms with Gasteiger partial charge in [-0.15, -0.1) is 10.2 Å². The minimum Gasteiger partial charge on any atom is -0.263 e. The zero-order chi connectivity index (χ0) is 9.26. The first-order valence-electron chi connectivity index (χ1n) is 3.75. The number of aromatic nitrogens is 4. The topological polar surface area (TPSA) is 43.6 Å². The molecule has 0 fully saturated rings. The van der Waals surface area contributed by atoms with Crippen molar-refractivity contribution in [3.8, 4) is 0 Å². The number of hydrogen-bond donors (Lipinski definition) is 0. The summed E-state index contributed by atoms with van der Waals surface area (Å²) < 4.78 is 2.66. The molecule has 2 aromatic rings. The fourth-order valence-corrected chi connectivity index (χ4v) is 2.20. The maximum atomic E-state index is 4.14. The molecule has 0 amide bonds. The van der Waals surface area contributed by atoms with E-state index in [1.165, 1.54) is 11.3 Å². The standard InChI is InChI=1S/C7H7BrN4S/c1-5(12-4-2-3-9-12)6-10-11-7(8)13-6/h2-5H,1H3. The van der Waals surface area contributed by atoms with E-state index >= 15 is 0 Å². The average Bonchev–Trinajstić information content (AvgIpc) is 2.72. The Morgan fingerprint density at radius 3 is 2.92 bits per heavy atom. The second kappa shape index (κ2) is 3.55. The van der Waals surface area contributed by atoms with Crippen molar-refractivity contribution in [1.29, 1.82) is 0 Å². The van der Waals surface area contributed by atoms with E-state index in [-0.39, 0.29) is 6.04 Å². The highest BCUT2D eigenvalue weighted by Gasteiger charge is 2.12. The van der Waals surface area contributed by atoms with E-state index < -0.39 is 0 Å². The van der Waals surface area contributed by atoms with E-state index in [9.17, 15) is 0 Å². The van der Waals surface area contributed by atoms with Crippen LogP contribution in [-0.4, -0.2) is 20.0 Å². The molecule has 0 bridgehead atoms. The fraction of sp³-hybridized carbons (Fsp3) is 0.286. The SMILES string of the molecule is CC(c1nnc(Br)s1)n1cccn1. The molecule has 1 unspecified atom stereocenters. The van der Waals surface area contributed by atoms with Gasteiger partial charge in [-0.1, -0.05) is 11.3 Å². The molecule has 6 heteroatoms. The molecule has 0 N–H and O–H groups in total. The van der Waals surface area contributed by atoms with Crippen molar-refractivity contribution in [1.82, 2.24) is 20.0 Å². The maximum Gasteiger partial charge on any atom is 0.183 e. The van der Waals surface area contributed by atoms with Gasteiger partial charge in [0.25, 0.3) is 0 Å². The van der Waals surface area contributed by atoms with Crippen LogP contribution in [0, 0.1) is 0 Å². The van der Waals surface area contributed by atoms with Gasteiger partial charge >= 0.3 is 0 Å². The highest BCUT2D eigenvalue weighted by atomic mass is 79.9. The second-order valence-electron chi connectivity index (χ2n) is 2.56. The van der Waals surface area contributed by atoms with Gasteiger partial charge in [0.05, 0.1) is 0 Å². The Kier molecular flexibility index (Phi) is 2.41. The molecule has 68 valence electrons. The Morgan fingerprint density at radius 2 is 2.38 bits per heavy atom. The number of nitrogens with zero attached hydrogens (tertiary/aromatic N) is 4. The molecule has 0 spiro atoms. The molecule has 2 aromatic heterocycles. The highest BCUT2D eigenvalue weighted by molar-refractivity contribution is 9.11. The summed E-state index contributed by atoms with van der Waals surface area (Å²) in [7, 11) is 0. The smallest absolute Gasteiger partial charge is 0.183 e. The largest absolute Gasteiger partial charge is 0.263 e. The van der Waals surface area contributed by atoms with E-state index in [1.54, 1.807) is 6.20 Å². The third kappa shape index (κ3) is 1.78. The molecular formula is C7H7BrN4S. The van der Waals surface area contributed by atoms with Crippen molar-refractivity contribution in [2.24, 2.45) is 0 Å². The van der Waals surface area contributed by atoms with Crippen molar-refractivity contribution >= 4 is 27.3 Å². The Bertz CT molecular complexity index is 383. The molecule has 0 aliphatic rings. The fourth-order valence-electron chi connectivity index (χ4n) is 1.01. The first kappa shape index (κ1) is 8.83. The van der Waals surface area contributed by atoms with Gasteiger partial charge in [0.2, 0.25) is 0 Å².